The number of nitrogens with one attached hydrogen (secondary N) is 1. The maximum absolute atomic E-state index is 12.2. The molecule has 7 nitrogen and oxygen atoms in total. The summed E-state index contributed by atoms with van der Waals surface area (Å²) in [5.41, 5.74) is 1.49. The number of nitriles is 1. The van der Waals surface area contributed by atoms with E-state index in [0.29, 0.717) is 34.9 Å². The minimum absolute atomic E-state index is 0.0529. The number of para-hydroxylation sites is 1. The zero-order valence-corrected chi connectivity index (χ0v) is 15.2. The molecule has 0 atom stereocenters. The quantitative estimate of drug-likeness (QED) is 0.651. The third kappa shape index (κ3) is 4.01. The van der Waals surface area contributed by atoms with Crippen molar-refractivity contribution in [2.45, 2.75) is 19.9 Å². The Hall–Kier alpha value is -3.53. The Morgan fingerprint density at radius 3 is 2.89 bits per heavy atom. The number of ether oxygens (including phenoxy) is 2. The number of hydrogen-bond donors (Lipinski definition) is 1. The van der Waals surface area contributed by atoms with E-state index in [-0.39, 0.29) is 5.56 Å². The number of hydrogen-bond acceptors (Lipinski definition) is 5. The molecule has 0 aliphatic carbocycles. The zero-order valence-electron chi connectivity index (χ0n) is 15.2. The standard InChI is InChI=1S/C20H20N4O3/c1-14-11-16(17(12-21)20(25)23-14)15-5-3-6-18(26-2)19(15)27-10-4-8-24-9-7-22-13-24/h3,5-7,9,11,13H,4,8,10H2,1-2H3,(H,23,25). The number of nitrogens with zero attached hydrogens (tertiary/aromatic N) is 3. The number of aromatic amines is 1. The molecule has 7 heteroatoms. The molecule has 2 heterocycles. The summed E-state index contributed by atoms with van der Waals surface area (Å²) in [5.74, 6) is 1.07. The highest BCUT2D eigenvalue weighted by atomic mass is 16.5. The predicted molar refractivity (Wildman–Crippen MR) is 101 cm³/mol. The SMILES string of the molecule is COc1cccc(-c2cc(C)[nH]c(=O)c2C#N)c1OCCCn1ccnc1. The summed E-state index contributed by atoms with van der Waals surface area (Å²) >= 11 is 0. The molecule has 0 aliphatic heterocycles. The molecule has 0 bridgehead atoms. The first-order valence-electron chi connectivity index (χ1n) is 8.54. The molecule has 0 aliphatic rings. The second kappa shape index (κ2) is 8.23. The molecule has 0 unspecified atom stereocenters. The minimum atomic E-state index is -0.415. The van der Waals surface area contributed by atoms with Gasteiger partial charge in [0, 0.05) is 35.8 Å². The van der Waals surface area contributed by atoms with Gasteiger partial charge in [0.1, 0.15) is 11.6 Å². The van der Waals surface area contributed by atoms with Crippen LogP contribution in [-0.4, -0.2) is 28.3 Å². The molecule has 1 N–H and O–H groups in total. The van der Waals surface area contributed by atoms with Crippen LogP contribution in [-0.2, 0) is 6.54 Å². The summed E-state index contributed by atoms with van der Waals surface area (Å²) in [6, 6.07) is 9.18. The first-order valence-corrected chi connectivity index (χ1v) is 8.54. The maximum atomic E-state index is 12.2. The second-order valence-corrected chi connectivity index (χ2v) is 6.02. The molecule has 0 fully saturated rings. The van der Waals surface area contributed by atoms with Gasteiger partial charge in [-0.2, -0.15) is 5.26 Å². The van der Waals surface area contributed by atoms with Gasteiger partial charge in [-0.15, -0.1) is 0 Å². The molecule has 0 amide bonds. The Kier molecular flexibility index (Phi) is 5.57. The molecule has 1 aromatic carbocycles. The second-order valence-electron chi connectivity index (χ2n) is 6.02. The van der Waals surface area contributed by atoms with Crippen LogP contribution in [0.15, 0.2) is 47.8 Å². The highest BCUT2D eigenvalue weighted by Crippen LogP contribution is 2.39. The third-order valence-corrected chi connectivity index (χ3v) is 4.13. The first kappa shape index (κ1) is 18.3. The van der Waals surface area contributed by atoms with Crippen molar-refractivity contribution in [1.29, 1.82) is 5.26 Å². The highest BCUT2D eigenvalue weighted by molar-refractivity contribution is 5.78. The van der Waals surface area contributed by atoms with Gasteiger partial charge in [0.25, 0.3) is 5.56 Å². The Bertz CT molecular complexity index is 1020. The van der Waals surface area contributed by atoms with Gasteiger partial charge in [-0.25, -0.2) is 4.98 Å². The van der Waals surface area contributed by atoms with Crippen molar-refractivity contribution >= 4 is 0 Å². The largest absolute Gasteiger partial charge is 0.493 e. The number of rotatable bonds is 7. The van der Waals surface area contributed by atoms with E-state index in [9.17, 15) is 10.1 Å². The van der Waals surface area contributed by atoms with E-state index in [1.54, 1.807) is 38.7 Å². The lowest BCUT2D eigenvalue weighted by atomic mass is 9.99. The van der Waals surface area contributed by atoms with E-state index < -0.39 is 5.56 Å². The normalized spacial score (nSPS) is 10.4. The molecule has 3 aromatic rings. The summed E-state index contributed by atoms with van der Waals surface area (Å²) in [6.07, 6.45) is 6.16. The molecule has 138 valence electrons. The summed E-state index contributed by atoms with van der Waals surface area (Å²) in [4.78, 5) is 18.8. The number of imidazole rings is 1. The van der Waals surface area contributed by atoms with Crippen molar-refractivity contribution < 1.29 is 9.47 Å². The fourth-order valence-electron chi connectivity index (χ4n) is 2.89. The van der Waals surface area contributed by atoms with Crippen molar-refractivity contribution in [3.8, 4) is 28.7 Å². The van der Waals surface area contributed by atoms with Crippen LogP contribution in [0.25, 0.3) is 11.1 Å². The van der Waals surface area contributed by atoms with Crippen LogP contribution >= 0.6 is 0 Å². The smallest absolute Gasteiger partial charge is 0.266 e. The van der Waals surface area contributed by atoms with Crippen LogP contribution in [0.4, 0.5) is 0 Å². The Labute approximate surface area is 156 Å². The number of benzene rings is 1. The number of aryl methyl sites for hydroxylation is 2. The fraction of sp³-hybridized carbons (Fsp3) is 0.250. The minimum Gasteiger partial charge on any atom is -0.493 e. The van der Waals surface area contributed by atoms with Crippen LogP contribution in [0, 0.1) is 18.3 Å². The molecule has 0 saturated carbocycles. The molecule has 0 radical (unpaired) electrons. The lowest BCUT2D eigenvalue weighted by Gasteiger charge is -2.16. The van der Waals surface area contributed by atoms with Crippen LogP contribution in [0.3, 0.4) is 0 Å². The van der Waals surface area contributed by atoms with Gasteiger partial charge in [0.2, 0.25) is 0 Å². The van der Waals surface area contributed by atoms with Crippen LogP contribution < -0.4 is 15.0 Å². The van der Waals surface area contributed by atoms with E-state index in [1.807, 2.05) is 29.0 Å². The average Bonchev–Trinajstić information content (AvgIpc) is 3.18. The molecular weight excluding hydrogens is 344 g/mol. The van der Waals surface area contributed by atoms with E-state index in [0.717, 1.165) is 13.0 Å². The number of aromatic nitrogens is 3. The molecule has 3 rings (SSSR count). The molecule has 0 spiro atoms. The number of methoxy groups -OCH3 is 1. The van der Waals surface area contributed by atoms with Gasteiger partial charge in [0.15, 0.2) is 11.5 Å². The molecule has 27 heavy (non-hydrogen) atoms. The van der Waals surface area contributed by atoms with Gasteiger partial charge in [-0.3, -0.25) is 4.79 Å². The van der Waals surface area contributed by atoms with Gasteiger partial charge >= 0.3 is 0 Å². The molecule has 2 aromatic heterocycles. The summed E-state index contributed by atoms with van der Waals surface area (Å²) in [5, 5.41) is 9.44. The van der Waals surface area contributed by atoms with Crippen molar-refractivity contribution in [1.82, 2.24) is 14.5 Å². The topological polar surface area (TPSA) is 92.9 Å². The monoisotopic (exact) mass is 364 g/mol. The Morgan fingerprint density at radius 1 is 1.33 bits per heavy atom. The van der Waals surface area contributed by atoms with E-state index in [1.165, 1.54) is 0 Å². The van der Waals surface area contributed by atoms with Crippen LogP contribution in [0.2, 0.25) is 0 Å². The Morgan fingerprint density at radius 2 is 2.19 bits per heavy atom. The molecule has 0 saturated heterocycles. The van der Waals surface area contributed by atoms with E-state index >= 15 is 0 Å². The lowest BCUT2D eigenvalue weighted by Crippen LogP contribution is -2.13. The third-order valence-electron chi connectivity index (χ3n) is 4.13. The van der Waals surface area contributed by atoms with Crippen molar-refractivity contribution in [3.63, 3.8) is 0 Å². The Balaban J connectivity index is 1.93. The van der Waals surface area contributed by atoms with Crippen LogP contribution in [0.1, 0.15) is 17.7 Å². The van der Waals surface area contributed by atoms with Crippen molar-refractivity contribution in [2.24, 2.45) is 0 Å². The number of H-pyrrole nitrogens is 1. The maximum Gasteiger partial charge on any atom is 0.266 e. The van der Waals surface area contributed by atoms with E-state index in [2.05, 4.69) is 9.97 Å². The number of pyridine rings is 1. The zero-order chi connectivity index (χ0) is 19.2. The highest BCUT2D eigenvalue weighted by Gasteiger charge is 2.17. The van der Waals surface area contributed by atoms with Gasteiger partial charge in [0.05, 0.1) is 20.0 Å². The van der Waals surface area contributed by atoms with Gasteiger partial charge in [-0.05, 0) is 25.5 Å². The summed E-state index contributed by atoms with van der Waals surface area (Å²) in [6.45, 7) is 3.01. The van der Waals surface area contributed by atoms with Crippen molar-refractivity contribution in [2.75, 3.05) is 13.7 Å². The average molecular weight is 364 g/mol. The lowest BCUT2D eigenvalue weighted by molar-refractivity contribution is 0.284. The van der Waals surface area contributed by atoms with Gasteiger partial charge in [-0.1, -0.05) is 12.1 Å². The van der Waals surface area contributed by atoms with Gasteiger partial charge < -0.3 is 19.0 Å². The summed E-state index contributed by atoms with van der Waals surface area (Å²) < 4.78 is 13.4. The predicted octanol–water partition coefficient (Wildman–Crippen LogP) is 2.90. The fourth-order valence-corrected chi connectivity index (χ4v) is 2.89. The van der Waals surface area contributed by atoms with E-state index in [4.69, 9.17) is 9.47 Å². The first-order chi connectivity index (χ1) is 13.1. The molecular formula is C20H20N4O3. The van der Waals surface area contributed by atoms with Crippen LogP contribution in [0.5, 0.6) is 11.5 Å². The summed E-state index contributed by atoms with van der Waals surface area (Å²) in [7, 11) is 1.56. The van der Waals surface area contributed by atoms with Crippen molar-refractivity contribution in [3.05, 3.63) is 64.6 Å².